The van der Waals surface area contributed by atoms with Crippen molar-refractivity contribution in [2.24, 2.45) is 0 Å². The van der Waals surface area contributed by atoms with Crippen LogP contribution in [0.15, 0.2) is 60.9 Å². The summed E-state index contributed by atoms with van der Waals surface area (Å²) in [5, 5.41) is 16.6. The molecular formula is C18H16N6O4. The molecule has 0 fully saturated rings. The Morgan fingerprint density at radius 1 is 1.04 bits per heavy atom. The van der Waals surface area contributed by atoms with Gasteiger partial charge in [0, 0.05) is 31.4 Å². The van der Waals surface area contributed by atoms with E-state index >= 15 is 0 Å². The number of pyridine rings is 1. The molecule has 0 atom stereocenters. The average molecular weight is 380 g/mol. The SMILES string of the molecule is O=C(Oc1ccnc(NCCNc2ccc([N+](=O)[O-])cn2)n1)c1ccccc1. The van der Waals surface area contributed by atoms with Gasteiger partial charge in [0.2, 0.25) is 11.8 Å². The molecule has 0 spiro atoms. The number of rotatable bonds is 8. The molecule has 0 saturated heterocycles. The highest BCUT2D eigenvalue weighted by Gasteiger charge is 2.09. The number of nitro groups is 1. The molecule has 0 saturated carbocycles. The molecule has 142 valence electrons. The van der Waals surface area contributed by atoms with Crippen molar-refractivity contribution in [1.29, 1.82) is 0 Å². The zero-order valence-corrected chi connectivity index (χ0v) is 14.6. The third kappa shape index (κ3) is 5.21. The Labute approximate surface area is 159 Å². The number of benzene rings is 1. The summed E-state index contributed by atoms with van der Waals surface area (Å²) in [6.07, 6.45) is 2.66. The van der Waals surface area contributed by atoms with Crippen LogP contribution in [0.3, 0.4) is 0 Å². The molecule has 0 amide bonds. The van der Waals surface area contributed by atoms with Gasteiger partial charge in [0.1, 0.15) is 12.0 Å². The van der Waals surface area contributed by atoms with E-state index in [-0.39, 0.29) is 11.6 Å². The average Bonchev–Trinajstić information content (AvgIpc) is 2.72. The number of esters is 1. The van der Waals surface area contributed by atoms with Crippen LogP contribution in [0.4, 0.5) is 17.5 Å². The van der Waals surface area contributed by atoms with E-state index in [1.165, 1.54) is 30.6 Å². The van der Waals surface area contributed by atoms with Crippen LogP contribution in [0.1, 0.15) is 10.4 Å². The van der Waals surface area contributed by atoms with Gasteiger partial charge in [-0.3, -0.25) is 10.1 Å². The molecule has 0 bridgehead atoms. The fourth-order valence-electron chi connectivity index (χ4n) is 2.18. The zero-order chi connectivity index (χ0) is 19.8. The first-order valence-corrected chi connectivity index (χ1v) is 8.30. The first-order valence-electron chi connectivity index (χ1n) is 8.30. The molecule has 2 heterocycles. The van der Waals surface area contributed by atoms with Gasteiger partial charge in [0.05, 0.1) is 10.5 Å². The number of nitrogens with zero attached hydrogens (tertiary/aromatic N) is 4. The Kier molecular flexibility index (Phi) is 6.03. The number of hydrogen-bond donors (Lipinski definition) is 2. The predicted octanol–water partition coefficient (Wildman–Crippen LogP) is 2.52. The lowest BCUT2D eigenvalue weighted by atomic mass is 10.2. The fraction of sp³-hybridized carbons (Fsp3) is 0.111. The normalized spacial score (nSPS) is 10.1. The number of carbonyl (C=O) groups excluding carboxylic acids is 1. The molecule has 10 heteroatoms. The molecule has 0 aliphatic carbocycles. The molecule has 0 radical (unpaired) electrons. The molecule has 3 aromatic rings. The summed E-state index contributed by atoms with van der Waals surface area (Å²) in [5.41, 5.74) is 0.356. The summed E-state index contributed by atoms with van der Waals surface area (Å²) in [5.74, 6) is 0.447. The van der Waals surface area contributed by atoms with Gasteiger partial charge in [0.15, 0.2) is 0 Å². The van der Waals surface area contributed by atoms with Gasteiger partial charge >= 0.3 is 5.97 Å². The van der Waals surface area contributed by atoms with Gasteiger partial charge in [0.25, 0.3) is 5.69 Å². The van der Waals surface area contributed by atoms with Crippen LogP contribution < -0.4 is 15.4 Å². The van der Waals surface area contributed by atoms with Gasteiger partial charge in [-0.25, -0.2) is 14.8 Å². The van der Waals surface area contributed by atoms with Crippen molar-refractivity contribution in [2.75, 3.05) is 23.7 Å². The van der Waals surface area contributed by atoms with E-state index < -0.39 is 10.9 Å². The highest BCUT2D eigenvalue weighted by molar-refractivity contribution is 5.90. The van der Waals surface area contributed by atoms with Crippen LogP contribution in [0.2, 0.25) is 0 Å². The molecule has 0 unspecified atom stereocenters. The van der Waals surface area contributed by atoms with Crippen molar-refractivity contribution >= 4 is 23.4 Å². The zero-order valence-electron chi connectivity index (χ0n) is 14.6. The van der Waals surface area contributed by atoms with Crippen molar-refractivity contribution in [3.8, 4) is 5.88 Å². The summed E-state index contributed by atoms with van der Waals surface area (Å²) >= 11 is 0. The Morgan fingerprint density at radius 3 is 2.54 bits per heavy atom. The fourth-order valence-corrected chi connectivity index (χ4v) is 2.18. The number of aromatic nitrogens is 3. The van der Waals surface area contributed by atoms with E-state index in [1.54, 1.807) is 24.3 Å². The maximum atomic E-state index is 12.0. The highest BCUT2D eigenvalue weighted by atomic mass is 16.6. The quantitative estimate of drug-likeness (QED) is 0.262. The summed E-state index contributed by atoms with van der Waals surface area (Å²) < 4.78 is 5.24. The van der Waals surface area contributed by atoms with Crippen molar-refractivity contribution in [3.05, 3.63) is 76.6 Å². The number of nitrogens with one attached hydrogen (secondary N) is 2. The van der Waals surface area contributed by atoms with Crippen LogP contribution in [0.25, 0.3) is 0 Å². The third-order valence-corrected chi connectivity index (χ3v) is 3.51. The number of ether oxygens (including phenoxy) is 1. The third-order valence-electron chi connectivity index (χ3n) is 3.51. The first kappa shape index (κ1) is 18.7. The molecule has 28 heavy (non-hydrogen) atoms. The minimum atomic E-state index is -0.507. The van der Waals surface area contributed by atoms with E-state index in [0.29, 0.717) is 30.4 Å². The Balaban J connectivity index is 1.48. The van der Waals surface area contributed by atoms with Crippen LogP contribution in [0, 0.1) is 10.1 Å². The molecule has 10 nitrogen and oxygen atoms in total. The molecule has 2 aromatic heterocycles. The molecule has 0 aliphatic rings. The largest absolute Gasteiger partial charge is 0.404 e. The predicted molar refractivity (Wildman–Crippen MR) is 101 cm³/mol. The second-order valence-corrected chi connectivity index (χ2v) is 5.49. The van der Waals surface area contributed by atoms with E-state index in [2.05, 4.69) is 25.6 Å². The van der Waals surface area contributed by atoms with Crippen LogP contribution in [-0.2, 0) is 0 Å². The Morgan fingerprint density at radius 2 is 1.82 bits per heavy atom. The van der Waals surface area contributed by atoms with Crippen LogP contribution >= 0.6 is 0 Å². The lowest BCUT2D eigenvalue weighted by molar-refractivity contribution is -0.385. The first-order chi connectivity index (χ1) is 13.6. The summed E-state index contributed by atoms with van der Waals surface area (Å²) in [6, 6.07) is 13.0. The maximum absolute atomic E-state index is 12.0. The molecule has 0 aliphatic heterocycles. The Hall–Kier alpha value is -4.08. The molecule has 2 N–H and O–H groups in total. The summed E-state index contributed by atoms with van der Waals surface area (Å²) in [4.78, 5) is 34.3. The smallest absolute Gasteiger partial charge is 0.344 e. The Bertz CT molecular complexity index is 950. The topological polar surface area (TPSA) is 132 Å². The van der Waals surface area contributed by atoms with Gasteiger partial charge in [-0.1, -0.05) is 18.2 Å². The highest BCUT2D eigenvalue weighted by Crippen LogP contribution is 2.12. The minimum Gasteiger partial charge on any atom is -0.404 e. The monoisotopic (exact) mass is 380 g/mol. The van der Waals surface area contributed by atoms with Crippen LogP contribution in [0.5, 0.6) is 5.88 Å². The van der Waals surface area contributed by atoms with Crippen molar-refractivity contribution in [2.45, 2.75) is 0 Å². The van der Waals surface area contributed by atoms with Crippen LogP contribution in [-0.4, -0.2) is 38.9 Å². The van der Waals surface area contributed by atoms with E-state index in [1.807, 2.05) is 6.07 Å². The second-order valence-electron chi connectivity index (χ2n) is 5.49. The molecular weight excluding hydrogens is 364 g/mol. The molecule has 3 rings (SSSR count). The van der Waals surface area contributed by atoms with E-state index in [4.69, 9.17) is 4.74 Å². The molecule has 1 aromatic carbocycles. The van der Waals surface area contributed by atoms with E-state index in [9.17, 15) is 14.9 Å². The summed E-state index contributed by atoms with van der Waals surface area (Å²) in [6.45, 7) is 0.928. The van der Waals surface area contributed by atoms with Crippen molar-refractivity contribution in [1.82, 2.24) is 15.0 Å². The van der Waals surface area contributed by atoms with Crippen molar-refractivity contribution in [3.63, 3.8) is 0 Å². The lowest BCUT2D eigenvalue weighted by Gasteiger charge is -2.08. The standard InChI is InChI=1S/C18H16N6O4/c25-17(13-4-2-1-3-5-13)28-16-8-9-20-18(23-16)21-11-10-19-15-7-6-14(12-22-15)24(26)27/h1-9,12H,10-11H2,(H,19,22)(H,20,21,23). The van der Waals surface area contributed by atoms with Gasteiger partial charge < -0.3 is 15.4 Å². The second kappa shape index (κ2) is 9.03. The van der Waals surface area contributed by atoms with E-state index in [0.717, 1.165) is 0 Å². The number of anilines is 2. The van der Waals surface area contributed by atoms with Gasteiger partial charge in [-0.2, -0.15) is 4.98 Å². The minimum absolute atomic E-state index is 0.0704. The van der Waals surface area contributed by atoms with Gasteiger partial charge in [-0.05, 0) is 18.2 Å². The van der Waals surface area contributed by atoms with Crippen molar-refractivity contribution < 1.29 is 14.5 Å². The van der Waals surface area contributed by atoms with Gasteiger partial charge in [-0.15, -0.1) is 0 Å². The summed E-state index contributed by atoms with van der Waals surface area (Å²) in [7, 11) is 0. The number of carbonyl (C=O) groups is 1. The maximum Gasteiger partial charge on any atom is 0.344 e. The lowest BCUT2D eigenvalue weighted by Crippen LogP contribution is -2.16. The number of hydrogen-bond acceptors (Lipinski definition) is 9.